The molecule has 0 radical (unpaired) electrons. The molecule has 1 aromatic rings. The maximum Gasteiger partial charge on any atom is 0.105 e. The summed E-state index contributed by atoms with van der Waals surface area (Å²) in [6, 6.07) is 5.86. The highest BCUT2D eigenvalue weighted by Crippen LogP contribution is 2.21. The molecule has 2 N–H and O–H groups in total. The van der Waals surface area contributed by atoms with E-state index in [0.717, 1.165) is 15.7 Å². The van der Waals surface area contributed by atoms with Gasteiger partial charge in [-0.15, -0.1) is 0 Å². The molecule has 0 atom stereocenters. The lowest BCUT2D eigenvalue weighted by molar-refractivity contribution is -0.135. The summed E-state index contributed by atoms with van der Waals surface area (Å²) in [5, 5.41) is 0. The fraction of sp³-hybridized carbons (Fsp3) is 0.400. The van der Waals surface area contributed by atoms with Crippen LogP contribution in [0.1, 0.15) is 5.56 Å². The molecule has 0 spiro atoms. The minimum atomic E-state index is 0.264. The van der Waals surface area contributed by atoms with Crippen molar-refractivity contribution in [3.63, 3.8) is 0 Å². The Morgan fingerprint density at radius 2 is 2.29 bits per heavy atom. The molecule has 3 nitrogen and oxygen atoms in total. The van der Waals surface area contributed by atoms with Gasteiger partial charge in [0.25, 0.3) is 0 Å². The Labute approximate surface area is 91.3 Å². The van der Waals surface area contributed by atoms with Crippen LogP contribution in [-0.4, -0.2) is 19.3 Å². The van der Waals surface area contributed by atoms with E-state index in [1.54, 1.807) is 0 Å². The zero-order chi connectivity index (χ0) is 9.97. The van der Waals surface area contributed by atoms with Gasteiger partial charge in [0.15, 0.2) is 0 Å². The van der Waals surface area contributed by atoms with E-state index in [0.29, 0.717) is 19.8 Å². The number of rotatable bonds is 3. The van der Waals surface area contributed by atoms with E-state index in [1.165, 1.54) is 0 Å². The second-order valence-electron chi connectivity index (χ2n) is 3.33. The summed E-state index contributed by atoms with van der Waals surface area (Å²) in [7, 11) is 0. The lowest BCUT2D eigenvalue weighted by Gasteiger charge is -2.26. The maximum atomic E-state index is 5.75. The monoisotopic (exact) mass is 257 g/mol. The number of hydrogen-bond donors (Lipinski definition) is 1. The van der Waals surface area contributed by atoms with Crippen molar-refractivity contribution in [3.05, 3.63) is 28.2 Å². The van der Waals surface area contributed by atoms with Crippen LogP contribution in [-0.2, 0) is 16.1 Å². The molecule has 76 valence electrons. The van der Waals surface area contributed by atoms with Gasteiger partial charge < -0.3 is 15.2 Å². The largest absolute Gasteiger partial charge is 0.398 e. The van der Waals surface area contributed by atoms with Crippen molar-refractivity contribution in [2.45, 2.75) is 12.7 Å². The molecule has 0 bridgehead atoms. The highest BCUT2D eigenvalue weighted by atomic mass is 79.9. The van der Waals surface area contributed by atoms with Crippen molar-refractivity contribution >= 4 is 21.6 Å². The molecule has 1 fully saturated rings. The fourth-order valence-corrected chi connectivity index (χ4v) is 1.45. The molecule has 0 saturated carbocycles. The summed E-state index contributed by atoms with van der Waals surface area (Å²) in [4.78, 5) is 0. The van der Waals surface area contributed by atoms with Gasteiger partial charge in [-0.05, 0) is 33.6 Å². The molecule has 4 heteroatoms. The van der Waals surface area contributed by atoms with Crippen LogP contribution in [0, 0.1) is 0 Å². The van der Waals surface area contributed by atoms with Crippen LogP contribution in [0.25, 0.3) is 0 Å². The van der Waals surface area contributed by atoms with Gasteiger partial charge in [-0.2, -0.15) is 0 Å². The van der Waals surface area contributed by atoms with Crippen molar-refractivity contribution in [2.75, 3.05) is 18.9 Å². The molecule has 0 amide bonds. The zero-order valence-corrected chi connectivity index (χ0v) is 9.29. The summed E-state index contributed by atoms with van der Waals surface area (Å²) < 4.78 is 11.5. The summed E-state index contributed by atoms with van der Waals surface area (Å²) in [5.41, 5.74) is 7.59. The summed E-state index contributed by atoms with van der Waals surface area (Å²) in [6.45, 7) is 2.03. The topological polar surface area (TPSA) is 44.5 Å². The van der Waals surface area contributed by atoms with Crippen molar-refractivity contribution in [1.82, 2.24) is 0 Å². The van der Waals surface area contributed by atoms with Gasteiger partial charge in [-0.1, -0.05) is 6.07 Å². The van der Waals surface area contributed by atoms with Gasteiger partial charge in [-0.3, -0.25) is 0 Å². The van der Waals surface area contributed by atoms with Gasteiger partial charge >= 0.3 is 0 Å². The van der Waals surface area contributed by atoms with Gasteiger partial charge in [0.2, 0.25) is 0 Å². The van der Waals surface area contributed by atoms with E-state index in [4.69, 9.17) is 15.2 Å². The molecule has 2 rings (SSSR count). The third kappa shape index (κ3) is 2.26. The minimum absolute atomic E-state index is 0.264. The van der Waals surface area contributed by atoms with Gasteiger partial charge in [0.1, 0.15) is 6.10 Å². The Morgan fingerprint density at radius 3 is 2.86 bits per heavy atom. The molecular formula is C10H12BrNO2. The van der Waals surface area contributed by atoms with E-state index in [2.05, 4.69) is 15.9 Å². The first-order chi connectivity index (χ1) is 6.75. The predicted molar refractivity (Wildman–Crippen MR) is 58.0 cm³/mol. The molecule has 1 aliphatic rings. The second kappa shape index (κ2) is 4.29. The van der Waals surface area contributed by atoms with Crippen LogP contribution in [0.4, 0.5) is 5.69 Å². The Balaban J connectivity index is 1.91. The summed E-state index contributed by atoms with van der Waals surface area (Å²) in [6.07, 6.45) is 0.264. The lowest BCUT2D eigenvalue weighted by atomic mass is 10.2. The normalized spacial score (nSPS) is 16.6. The molecule has 0 unspecified atom stereocenters. The predicted octanol–water partition coefficient (Wildman–Crippen LogP) is 1.95. The molecule has 0 aliphatic carbocycles. The number of anilines is 1. The highest BCUT2D eigenvalue weighted by Gasteiger charge is 2.18. The van der Waals surface area contributed by atoms with Crippen LogP contribution in [0.5, 0.6) is 0 Å². The average molecular weight is 258 g/mol. The lowest BCUT2D eigenvalue weighted by Crippen LogP contribution is -2.35. The summed E-state index contributed by atoms with van der Waals surface area (Å²) >= 11 is 3.35. The van der Waals surface area contributed by atoms with Crippen molar-refractivity contribution < 1.29 is 9.47 Å². The van der Waals surface area contributed by atoms with Crippen LogP contribution < -0.4 is 5.73 Å². The number of benzene rings is 1. The van der Waals surface area contributed by atoms with Gasteiger partial charge in [-0.25, -0.2) is 0 Å². The Kier molecular flexibility index (Phi) is 3.05. The van der Waals surface area contributed by atoms with Crippen LogP contribution in [0.3, 0.4) is 0 Å². The third-order valence-corrected chi connectivity index (χ3v) is 2.88. The molecule has 1 saturated heterocycles. The molecule has 1 aromatic carbocycles. The van der Waals surface area contributed by atoms with E-state index >= 15 is 0 Å². The van der Waals surface area contributed by atoms with Crippen molar-refractivity contribution in [1.29, 1.82) is 0 Å². The summed E-state index contributed by atoms with van der Waals surface area (Å²) in [5.74, 6) is 0. The number of halogens is 1. The smallest absolute Gasteiger partial charge is 0.105 e. The first kappa shape index (κ1) is 9.96. The Hall–Kier alpha value is -0.580. The number of nitrogen functional groups attached to an aromatic ring is 1. The first-order valence-electron chi connectivity index (χ1n) is 4.49. The molecule has 1 aliphatic heterocycles. The standard InChI is InChI=1S/C10H12BrNO2/c11-9-2-1-7(3-10(9)12)4-14-8-5-13-6-8/h1-3,8H,4-6,12H2. The van der Waals surface area contributed by atoms with Gasteiger partial charge in [0, 0.05) is 10.2 Å². The van der Waals surface area contributed by atoms with Crippen molar-refractivity contribution in [3.8, 4) is 0 Å². The Bertz CT molecular complexity index is 326. The van der Waals surface area contributed by atoms with E-state index in [-0.39, 0.29) is 6.10 Å². The van der Waals surface area contributed by atoms with Crippen LogP contribution >= 0.6 is 15.9 Å². The molecule has 0 aromatic heterocycles. The van der Waals surface area contributed by atoms with Crippen molar-refractivity contribution in [2.24, 2.45) is 0 Å². The van der Waals surface area contributed by atoms with E-state index in [9.17, 15) is 0 Å². The maximum absolute atomic E-state index is 5.75. The number of nitrogens with two attached hydrogens (primary N) is 1. The SMILES string of the molecule is Nc1cc(COC2COC2)ccc1Br. The van der Waals surface area contributed by atoms with Crippen LogP contribution in [0.15, 0.2) is 22.7 Å². The second-order valence-corrected chi connectivity index (χ2v) is 4.18. The minimum Gasteiger partial charge on any atom is -0.398 e. The van der Waals surface area contributed by atoms with Gasteiger partial charge in [0.05, 0.1) is 19.8 Å². The first-order valence-corrected chi connectivity index (χ1v) is 5.28. The Morgan fingerprint density at radius 1 is 1.50 bits per heavy atom. The molecule has 14 heavy (non-hydrogen) atoms. The van der Waals surface area contributed by atoms with E-state index < -0.39 is 0 Å². The zero-order valence-electron chi connectivity index (χ0n) is 7.70. The number of hydrogen-bond acceptors (Lipinski definition) is 3. The average Bonchev–Trinajstić information content (AvgIpc) is 2.08. The van der Waals surface area contributed by atoms with Crippen LogP contribution in [0.2, 0.25) is 0 Å². The van der Waals surface area contributed by atoms with E-state index in [1.807, 2.05) is 18.2 Å². The fourth-order valence-electron chi connectivity index (χ4n) is 1.21. The highest BCUT2D eigenvalue weighted by molar-refractivity contribution is 9.10. The third-order valence-electron chi connectivity index (χ3n) is 2.15. The number of ether oxygens (including phenoxy) is 2. The molecule has 1 heterocycles. The molecular weight excluding hydrogens is 246 g/mol. The quantitative estimate of drug-likeness (QED) is 0.843.